The van der Waals surface area contributed by atoms with Gasteiger partial charge in [0.1, 0.15) is 22.9 Å². The highest BCUT2D eigenvalue weighted by molar-refractivity contribution is 6.23. The van der Waals surface area contributed by atoms with Crippen molar-refractivity contribution in [2.45, 2.75) is 44.9 Å². The van der Waals surface area contributed by atoms with Crippen molar-refractivity contribution in [1.29, 1.82) is 0 Å². The second-order valence-electron chi connectivity index (χ2n) is 7.98. The van der Waals surface area contributed by atoms with Crippen LogP contribution in [0.25, 0.3) is 0 Å². The van der Waals surface area contributed by atoms with Crippen molar-refractivity contribution in [2.75, 3.05) is 11.9 Å². The molecule has 2 aromatic rings. The van der Waals surface area contributed by atoms with Gasteiger partial charge in [-0.2, -0.15) is 13.2 Å². The van der Waals surface area contributed by atoms with E-state index in [-0.39, 0.29) is 12.3 Å². The number of nitrogens with one attached hydrogen (secondary N) is 1. The molecule has 1 saturated heterocycles. The number of nitrogens with zero attached hydrogens (tertiary/aromatic N) is 2. The lowest BCUT2D eigenvalue weighted by molar-refractivity contribution is -0.159. The summed E-state index contributed by atoms with van der Waals surface area (Å²) in [6.07, 6.45) is -2.97. The van der Waals surface area contributed by atoms with Gasteiger partial charge in [0.25, 0.3) is 11.8 Å². The van der Waals surface area contributed by atoms with E-state index in [1.54, 1.807) is 11.1 Å². The Morgan fingerprint density at radius 1 is 1.27 bits per heavy atom. The number of halogens is 4. The molecule has 1 fully saturated rings. The smallest absolute Gasteiger partial charge is 0.451 e. The molecule has 0 saturated carbocycles. The van der Waals surface area contributed by atoms with Crippen LogP contribution in [0.3, 0.4) is 0 Å². The Hall–Kier alpha value is -3.34. The van der Waals surface area contributed by atoms with Crippen molar-refractivity contribution in [3.63, 3.8) is 0 Å². The number of alkyl halides is 3. The Morgan fingerprint density at radius 2 is 2.03 bits per heavy atom. The van der Waals surface area contributed by atoms with Gasteiger partial charge < -0.3 is 14.8 Å². The number of hydrogen-bond donors (Lipinski definition) is 2. The van der Waals surface area contributed by atoms with Crippen molar-refractivity contribution in [1.82, 2.24) is 10.0 Å². The average molecular weight is 467 g/mol. The molecule has 2 aliphatic rings. The second kappa shape index (κ2) is 8.54. The predicted molar refractivity (Wildman–Crippen MR) is 108 cm³/mol. The van der Waals surface area contributed by atoms with Gasteiger partial charge in [0.15, 0.2) is 0 Å². The molecule has 7 nitrogen and oxygen atoms in total. The molecule has 2 aliphatic heterocycles. The number of piperidine rings is 1. The second-order valence-corrected chi connectivity index (χ2v) is 7.98. The Bertz CT molecular complexity index is 1130. The van der Waals surface area contributed by atoms with Gasteiger partial charge in [-0.25, -0.2) is 9.40 Å². The van der Waals surface area contributed by atoms with E-state index in [4.69, 9.17) is 0 Å². The number of aryl methyl sites for hydroxylation is 1. The van der Waals surface area contributed by atoms with E-state index >= 15 is 0 Å². The SMILES string of the molecule is Cc1cc(NC(=O)C2=C(O)[C@H]3CCCCN3N(Cc3cccc(F)c3)C2=O)c(C(F)(F)F)o1. The zero-order valence-electron chi connectivity index (χ0n) is 17.6. The lowest BCUT2D eigenvalue weighted by Crippen LogP contribution is -2.59. The summed E-state index contributed by atoms with van der Waals surface area (Å²) < 4.78 is 58.1. The maximum atomic E-state index is 13.7. The standard InChI is InChI=1S/C22H21F4N3O4/c1-12-9-15(19(33-12)22(24,25)26)27-20(31)17-18(30)16-7-2-3-8-28(16)29(21(17)32)11-13-5-4-6-14(23)10-13/h4-6,9-10,16,30H,2-3,7-8,11H2,1H3,(H,27,31)/t16-/m1/s1. The fourth-order valence-electron chi connectivity index (χ4n) is 4.19. The van der Waals surface area contributed by atoms with Crippen molar-refractivity contribution in [3.05, 3.63) is 64.6 Å². The van der Waals surface area contributed by atoms with Gasteiger partial charge in [-0.1, -0.05) is 18.6 Å². The van der Waals surface area contributed by atoms with Gasteiger partial charge in [-0.15, -0.1) is 0 Å². The van der Waals surface area contributed by atoms with E-state index in [1.807, 2.05) is 0 Å². The number of benzene rings is 1. The van der Waals surface area contributed by atoms with Crippen LogP contribution in [0, 0.1) is 12.7 Å². The molecule has 0 unspecified atom stereocenters. The van der Waals surface area contributed by atoms with Crippen LogP contribution in [0.5, 0.6) is 0 Å². The molecular formula is C22H21F4N3O4. The summed E-state index contributed by atoms with van der Waals surface area (Å²) in [7, 11) is 0. The van der Waals surface area contributed by atoms with E-state index in [1.165, 1.54) is 30.1 Å². The summed E-state index contributed by atoms with van der Waals surface area (Å²) >= 11 is 0. The number of rotatable bonds is 4. The number of carbonyl (C=O) groups is 2. The van der Waals surface area contributed by atoms with Crippen LogP contribution in [0.15, 0.2) is 46.1 Å². The van der Waals surface area contributed by atoms with Crippen LogP contribution in [-0.2, 0) is 22.3 Å². The van der Waals surface area contributed by atoms with Gasteiger partial charge in [0.2, 0.25) is 5.76 Å². The number of aliphatic hydroxyl groups is 1. The van der Waals surface area contributed by atoms with Gasteiger partial charge in [0, 0.05) is 12.6 Å². The minimum Gasteiger partial charge on any atom is -0.510 e. The van der Waals surface area contributed by atoms with E-state index < -0.39 is 52.6 Å². The van der Waals surface area contributed by atoms with Crippen molar-refractivity contribution in [3.8, 4) is 0 Å². The summed E-state index contributed by atoms with van der Waals surface area (Å²) in [5.41, 5.74) is -0.846. The van der Waals surface area contributed by atoms with E-state index in [0.29, 0.717) is 18.5 Å². The molecule has 0 spiro atoms. The Balaban J connectivity index is 1.68. The first-order valence-corrected chi connectivity index (χ1v) is 10.3. The first-order chi connectivity index (χ1) is 15.6. The largest absolute Gasteiger partial charge is 0.510 e. The van der Waals surface area contributed by atoms with Crippen LogP contribution >= 0.6 is 0 Å². The molecule has 2 N–H and O–H groups in total. The molecule has 0 aliphatic carbocycles. The number of carbonyl (C=O) groups excluding carboxylic acids is 2. The molecule has 4 rings (SSSR count). The third-order valence-electron chi connectivity index (χ3n) is 5.61. The van der Waals surface area contributed by atoms with Gasteiger partial charge in [-0.05, 0) is 37.5 Å². The first kappa shape index (κ1) is 22.8. The summed E-state index contributed by atoms with van der Waals surface area (Å²) in [6, 6.07) is 5.88. The molecule has 176 valence electrons. The molecule has 3 heterocycles. The quantitative estimate of drug-likeness (QED) is 0.517. The maximum absolute atomic E-state index is 13.7. The minimum atomic E-state index is -4.87. The normalized spacial score (nSPS) is 19.6. The highest BCUT2D eigenvalue weighted by atomic mass is 19.4. The molecule has 0 bridgehead atoms. The number of amides is 2. The first-order valence-electron chi connectivity index (χ1n) is 10.3. The molecule has 1 aromatic heterocycles. The Kier molecular flexibility index (Phi) is 5.91. The topological polar surface area (TPSA) is 86.0 Å². The van der Waals surface area contributed by atoms with Crippen molar-refractivity contribution in [2.24, 2.45) is 0 Å². The van der Waals surface area contributed by atoms with Gasteiger partial charge in [0.05, 0.1) is 18.3 Å². The van der Waals surface area contributed by atoms with Crippen molar-refractivity contribution < 1.29 is 36.7 Å². The summed E-state index contributed by atoms with van der Waals surface area (Å²) in [5, 5.41) is 15.7. The number of aliphatic hydroxyl groups excluding tert-OH is 1. The predicted octanol–water partition coefficient (Wildman–Crippen LogP) is 4.31. The van der Waals surface area contributed by atoms with Crippen molar-refractivity contribution >= 4 is 17.5 Å². The molecule has 11 heteroatoms. The molecule has 1 atom stereocenters. The number of hydrogen-bond acceptors (Lipinski definition) is 5. The lowest BCUT2D eigenvalue weighted by atomic mass is 9.95. The Labute approximate surface area is 186 Å². The van der Waals surface area contributed by atoms with Crippen LogP contribution in [0.1, 0.15) is 36.3 Å². The van der Waals surface area contributed by atoms with Crippen LogP contribution < -0.4 is 5.32 Å². The number of hydrazine groups is 1. The van der Waals surface area contributed by atoms with E-state index in [2.05, 4.69) is 9.73 Å². The zero-order valence-corrected chi connectivity index (χ0v) is 17.6. The molecule has 2 amide bonds. The fraction of sp³-hybridized carbons (Fsp3) is 0.364. The highest BCUT2D eigenvalue weighted by Crippen LogP contribution is 2.38. The third kappa shape index (κ3) is 4.45. The molecule has 1 aromatic carbocycles. The van der Waals surface area contributed by atoms with Crippen LogP contribution in [0.4, 0.5) is 23.2 Å². The molecule has 0 radical (unpaired) electrons. The van der Waals surface area contributed by atoms with E-state index in [0.717, 1.165) is 18.9 Å². The summed E-state index contributed by atoms with van der Waals surface area (Å²) in [4.78, 5) is 26.2. The number of furan rings is 1. The zero-order chi connectivity index (χ0) is 23.9. The Morgan fingerprint density at radius 3 is 2.73 bits per heavy atom. The van der Waals surface area contributed by atoms with Gasteiger partial charge >= 0.3 is 6.18 Å². The summed E-state index contributed by atoms with van der Waals surface area (Å²) in [6.45, 7) is 1.63. The van der Waals surface area contributed by atoms with Crippen LogP contribution in [-0.4, -0.2) is 39.5 Å². The maximum Gasteiger partial charge on any atom is 0.451 e. The number of anilines is 1. The monoisotopic (exact) mass is 467 g/mol. The highest BCUT2D eigenvalue weighted by Gasteiger charge is 2.45. The minimum absolute atomic E-state index is 0.0736. The van der Waals surface area contributed by atoms with Crippen LogP contribution in [0.2, 0.25) is 0 Å². The molecular weight excluding hydrogens is 446 g/mol. The average Bonchev–Trinajstić information content (AvgIpc) is 3.12. The fourth-order valence-corrected chi connectivity index (χ4v) is 4.19. The summed E-state index contributed by atoms with van der Waals surface area (Å²) in [5.74, 6) is -4.57. The third-order valence-corrected chi connectivity index (χ3v) is 5.61. The molecule has 33 heavy (non-hydrogen) atoms. The lowest BCUT2D eigenvalue weighted by Gasteiger charge is -2.46. The number of fused-ring (bicyclic) bond motifs is 1. The van der Waals surface area contributed by atoms with Gasteiger partial charge in [-0.3, -0.25) is 14.6 Å². The van der Waals surface area contributed by atoms with E-state index in [9.17, 15) is 32.3 Å².